The average Bonchev–Trinajstić information content (AvgIpc) is 2.55. The fourth-order valence-corrected chi connectivity index (χ4v) is 2.03. The molecule has 23 heavy (non-hydrogen) atoms. The van der Waals surface area contributed by atoms with Gasteiger partial charge in [0.25, 0.3) is 5.91 Å². The Morgan fingerprint density at radius 1 is 1.13 bits per heavy atom. The lowest BCUT2D eigenvalue weighted by Gasteiger charge is -2.12. The minimum absolute atomic E-state index is 0.315. The molecule has 0 aliphatic rings. The molecule has 0 saturated carbocycles. The molecule has 0 fully saturated rings. The van der Waals surface area contributed by atoms with Gasteiger partial charge < -0.3 is 19.5 Å². The van der Waals surface area contributed by atoms with Crippen molar-refractivity contribution < 1.29 is 19.0 Å². The zero-order valence-electron chi connectivity index (χ0n) is 13.5. The first-order valence-corrected chi connectivity index (χ1v) is 7.39. The van der Waals surface area contributed by atoms with Gasteiger partial charge >= 0.3 is 0 Å². The Hall–Kier alpha value is -2.76. The van der Waals surface area contributed by atoms with Crippen molar-refractivity contribution in [3.63, 3.8) is 0 Å². The van der Waals surface area contributed by atoms with Gasteiger partial charge in [-0.2, -0.15) is 0 Å². The molecule has 0 unspecified atom stereocenters. The number of nitrogens with one attached hydrogen (secondary N) is 1. The van der Waals surface area contributed by atoms with Crippen molar-refractivity contribution in [2.75, 3.05) is 25.6 Å². The van der Waals surface area contributed by atoms with Crippen LogP contribution in [0.4, 0.5) is 5.82 Å². The molecule has 1 aromatic carbocycles. The fraction of sp³-hybridized carbons (Fsp3) is 0.294. The average molecular weight is 316 g/mol. The first kappa shape index (κ1) is 16.6. The van der Waals surface area contributed by atoms with Gasteiger partial charge in [0.2, 0.25) is 0 Å². The highest BCUT2D eigenvalue weighted by Gasteiger charge is 2.13. The molecule has 0 radical (unpaired) electrons. The Bertz CT molecular complexity index is 649. The molecule has 2 aromatic rings. The van der Waals surface area contributed by atoms with Crippen molar-refractivity contribution in [2.24, 2.45) is 0 Å². The number of carbonyl (C=O) groups is 1. The highest BCUT2D eigenvalue weighted by atomic mass is 16.5. The van der Waals surface area contributed by atoms with Crippen LogP contribution in [-0.2, 0) is 0 Å². The summed E-state index contributed by atoms with van der Waals surface area (Å²) in [6.07, 6.45) is 1.58. The summed E-state index contributed by atoms with van der Waals surface area (Å²) >= 11 is 0. The van der Waals surface area contributed by atoms with Gasteiger partial charge in [0.15, 0.2) is 11.6 Å². The van der Waals surface area contributed by atoms with E-state index in [1.165, 1.54) is 7.11 Å². The molecular weight excluding hydrogens is 296 g/mol. The van der Waals surface area contributed by atoms with Crippen LogP contribution in [0, 0.1) is 0 Å². The molecule has 0 bridgehead atoms. The minimum atomic E-state index is -0.315. The van der Waals surface area contributed by atoms with Gasteiger partial charge in [-0.05, 0) is 38.1 Å². The largest absolute Gasteiger partial charge is 0.494 e. The van der Waals surface area contributed by atoms with Crippen molar-refractivity contribution in [1.29, 1.82) is 0 Å². The number of methoxy groups -OCH3 is 1. The molecule has 0 aliphatic heterocycles. The summed E-state index contributed by atoms with van der Waals surface area (Å²) in [4.78, 5) is 16.6. The third-order valence-electron chi connectivity index (χ3n) is 2.99. The lowest BCUT2D eigenvalue weighted by atomic mass is 10.2. The Kier molecular flexibility index (Phi) is 5.80. The maximum Gasteiger partial charge on any atom is 0.257 e. The summed E-state index contributed by atoms with van der Waals surface area (Å²) in [5, 5.41) is 2.73. The van der Waals surface area contributed by atoms with E-state index >= 15 is 0 Å². The van der Waals surface area contributed by atoms with Crippen LogP contribution in [0.25, 0.3) is 0 Å². The molecule has 1 N–H and O–H groups in total. The van der Waals surface area contributed by atoms with E-state index in [-0.39, 0.29) is 5.91 Å². The first-order chi connectivity index (χ1) is 11.2. The molecule has 1 amide bonds. The molecule has 0 saturated heterocycles. The Labute approximate surface area is 135 Å². The van der Waals surface area contributed by atoms with E-state index in [1.807, 2.05) is 13.8 Å². The molecule has 122 valence electrons. The van der Waals surface area contributed by atoms with Crippen LogP contribution in [-0.4, -0.2) is 31.2 Å². The summed E-state index contributed by atoms with van der Waals surface area (Å²) in [6, 6.07) is 8.54. The van der Waals surface area contributed by atoms with Gasteiger partial charge in [0, 0.05) is 17.8 Å². The van der Waals surface area contributed by atoms with Crippen LogP contribution in [0.5, 0.6) is 17.2 Å². The highest BCUT2D eigenvalue weighted by molar-refractivity contribution is 6.05. The summed E-state index contributed by atoms with van der Waals surface area (Å²) in [6.45, 7) is 4.77. The summed E-state index contributed by atoms with van der Waals surface area (Å²) in [7, 11) is 1.52. The standard InChI is InChI=1S/C17H20N2O4/c1-4-22-13-9-12(10-14(11-13)23-5-2)17(20)19-16-15(21-3)7-6-8-18-16/h6-11H,4-5H2,1-3H3,(H,18,19,20). The molecule has 6 heteroatoms. The number of hydrogen-bond donors (Lipinski definition) is 1. The van der Waals surface area contributed by atoms with E-state index in [0.29, 0.717) is 41.8 Å². The highest BCUT2D eigenvalue weighted by Crippen LogP contribution is 2.25. The topological polar surface area (TPSA) is 69.7 Å². The summed E-state index contributed by atoms with van der Waals surface area (Å²) in [5.74, 6) is 1.70. The van der Waals surface area contributed by atoms with Crippen LogP contribution in [0.3, 0.4) is 0 Å². The van der Waals surface area contributed by atoms with Crippen LogP contribution >= 0.6 is 0 Å². The molecule has 0 aliphatic carbocycles. The maximum atomic E-state index is 12.5. The lowest BCUT2D eigenvalue weighted by Crippen LogP contribution is -2.14. The number of hydrogen-bond acceptors (Lipinski definition) is 5. The van der Waals surface area contributed by atoms with E-state index in [4.69, 9.17) is 14.2 Å². The second kappa shape index (κ2) is 8.03. The molecule has 6 nitrogen and oxygen atoms in total. The first-order valence-electron chi connectivity index (χ1n) is 7.39. The van der Waals surface area contributed by atoms with Gasteiger partial charge in [-0.15, -0.1) is 0 Å². The number of carbonyl (C=O) groups excluding carboxylic acids is 1. The zero-order valence-corrected chi connectivity index (χ0v) is 13.5. The normalized spacial score (nSPS) is 10.0. The predicted molar refractivity (Wildman–Crippen MR) is 87.5 cm³/mol. The lowest BCUT2D eigenvalue weighted by molar-refractivity contribution is 0.102. The van der Waals surface area contributed by atoms with Gasteiger partial charge in [0.05, 0.1) is 20.3 Å². The van der Waals surface area contributed by atoms with E-state index in [0.717, 1.165) is 0 Å². The second-order valence-corrected chi connectivity index (χ2v) is 4.57. The van der Waals surface area contributed by atoms with Crippen molar-refractivity contribution in [3.05, 3.63) is 42.1 Å². The predicted octanol–water partition coefficient (Wildman–Crippen LogP) is 3.14. The van der Waals surface area contributed by atoms with Crippen LogP contribution < -0.4 is 19.5 Å². The van der Waals surface area contributed by atoms with Crippen molar-refractivity contribution in [3.8, 4) is 17.2 Å². The second-order valence-electron chi connectivity index (χ2n) is 4.57. The van der Waals surface area contributed by atoms with Crippen molar-refractivity contribution in [1.82, 2.24) is 4.98 Å². The van der Waals surface area contributed by atoms with Gasteiger partial charge in [-0.25, -0.2) is 4.98 Å². The molecule has 1 heterocycles. The van der Waals surface area contributed by atoms with Crippen LogP contribution in [0.2, 0.25) is 0 Å². The third kappa shape index (κ3) is 4.35. The molecule has 0 spiro atoms. The number of benzene rings is 1. The van der Waals surface area contributed by atoms with E-state index in [1.54, 1.807) is 36.5 Å². The van der Waals surface area contributed by atoms with Crippen LogP contribution in [0.15, 0.2) is 36.5 Å². The summed E-state index contributed by atoms with van der Waals surface area (Å²) in [5.41, 5.74) is 0.423. The smallest absolute Gasteiger partial charge is 0.257 e. The molecule has 0 atom stereocenters. The van der Waals surface area contributed by atoms with Gasteiger partial charge in [0.1, 0.15) is 11.5 Å². The Balaban J connectivity index is 2.27. The number of rotatable bonds is 7. The number of nitrogens with zero attached hydrogens (tertiary/aromatic N) is 1. The minimum Gasteiger partial charge on any atom is -0.494 e. The number of amides is 1. The van der Waals surface area contributed by atoms with Crippen LogP contribution in [0.1, 0.15) is 24.2 Å². The fourth-order valence-electron chi connectivity index (χ4n) is 2.03. The van der Waals surface area contributed by atoms with E-state index < -0.39 is 0 Å². The third-order valence-corrected chi connectivity index (χ3v) is 2.99. The van der Waals surface area contributed by atoms with Crippen molar-refractivity contribution >= 4 is 11.7 Å². The molecule has 2 rings (SSSR count). The van der Waals surface area contributed by atoms with Gasteiger partial charge in [-0.3, -0.25) is 4.79 Å². The summed E-state index contributed by atoms with van der Waals surface area (Å²) < 4.78 is 16.1. The van der Waals surface area contributed by atoms with E-state index in [9.17, 15) is 4.79 Å². The number of ether oxygens (including phenoxy) is 3. The monoisotopic (exact) mass is 316 g/mol. The Morgan fingerprint density at radius 3 is 2.35 bits per heavy atom. The Morgan fingerprint density at radius 2 is 1.78 bits per heavy atom. The number of anilines is 1. The quantitative estimate of drug-likeness (QED) is 0.850. The number of pyridine rings is 1. The molecule has 1 aromatic heterocycles. The van der Waals surface area contributed by atoms with E-state index in [2.05, 4.69) is 10.3 Å². The number of aromatic nitrogens is 1. The maximum absolute atomic E-state index is 12.5. The molecular formula is C17H20N2O4. The van der Waals surface area contributed by atoms with Crippen molar-refractivity contribution in [2.45, 2.75) is 13.8 Å². The van der Waals surface area contributed by atoms with Gasteiger partial charge in [-0.1, -0.05) is 0 Å². The SMILES string of the molecule is CCOc1cc(OCC)cc(C(=O)Nc2ncccc2OC)c1. The zero-order chi connectivity index (χ0) is 16.7.